The molecule has 2 rings (SSSR count). The second-order valence-corrected chi connectivity index (χ2v) is 8.44. The third-order valence-electron chi connectivity index (χ3n) is 4.80. The van der Waals surface area contributed by atoms with Crippen LogP contribution in [0.1, 0.15) is 44.9 Å². The zero-order chi connectivity index (χ0) is 15.5. The molecule has 7 heteroatoms. The summed E-state index contributed by atoms with van der Waals surface area (Å²) in [6, 6.07) is -0.149. The first kappa shape index (κ1) is 16.7. The maximum atomic E-state index is 12.5. The number of rotatable bonds is 5. The van der Waals surface area contributed by atoms with E-state index in [1.165, 1.54) is 6.42 Å². The number of nitrogens with zero attached hydrogens (tertiary/aromatic N) is 1. The fourth-order valence-electron chi connectivity index (χ4n) is 3.57. The minimum Gasteiger partial charge on any atom is -0.341 e. The third kappa shape index (κ3) is 4.66. The number of hydrogen-bond acceptors (Lipinski definition) is 4. The quantitative estimate of drug-likeness (QED) is 0.769. The summed E-state index contributed by atoms with van der Waals surface area (Å²) in [5.41, 5.74) is 5.90. The van der Waals surface area contributed by atoms with Gasteiger partial charge in [-0.25, -0.2) is 13.1 Å². The summed E-state index contributed by atoms with van der Waals surface area (Å²) in [5, 5.41) is 0. The summed E-state index contributed by atoms with van der Waals surface area (Å²) in [6.45, 7) is 1.68. The highest BCUT2D eigenvalue weighted by Crippen LogP contribution is 2.39. The molecule has 2 fully saturated rings. The van der Waals surface area contributed by atoms with Gasteiger partial charge < -0.3 is 10.6 Å². The van der Waals surface area contributed by atoms with Gasteiger partial charge in [0, 0.05) is 25.6 Å². The van der Waals surface area contributed by atoms with E-state index in [-0.39, 0.29) is 17.4 Å². The highest BCUT2D eigenvalue weighted by molar-refractivity contribution is 7.88. The fourth-order valence-corrected chi connectivity index (χ4v) is 4.37. The lowest BCUT2D eigenvalue weighted by atomic mass is 9.71. The summed E-state index contributed by atoms with van der Waals surface area (Å²) >= 11 is 0. The van der Waals surface area contributed by atoms with Gasteiger partial charge in [-0.2, -0.15) is 0 Å². The Hall–Kier alpha value is -0.660. The topological polar surface area (TPSA) is 92.5 Å². The zero-order valence-corrected chi connectivity index (χ0v) is 13.6. The largest absolute Gasteiger partial charge is 0.341 e. The van der Waals surface area contributed by atoms with E-state index in [1.807, 2.05) is 0 Å². The first-order valence-corrected chi connectivity index (χ1v) is 9.68. The van der Waals surface area contributed by atoms with Crippen LogP contribution in [0.25, 0.3) is 0 Å². The van der Waals surface area contributed by atoms with E-state index in [9.17, 15) is 13.2 Å². The molecule has 0 radical (unpaired) electrons. The van der Waals surface area contributed by atoms with Gasteiger partial charge in [-0.15, -0.1) is 0 Å². The summed E-state index contributed by atoms with van der Waals surface area (Å²) in [7, 11) is -3.21. The standard InChI is InChI=1S/C14H27N3O3S/c1-21(19,20)16-12-5-8-17(10-12)13(18)9-14(11-15)6-3-2-4-7-14/h12,16H,2-11,15H2,1H3. The van der Waals surface area contributed by atoms with Crippen molar-refractivity contribution in [2.75, 3.05) is 25.9 Å². The smallest absolute Gasteiger partial charge is 0.223 e. The Bertz CT molecular complexity index is 472. The number of hydrogen-bond donors (Lipinski definition) is 2. The van der Waals surface area contributed by atoms with Crippen LogP contribution in [0, 0.1) is 5.41 Å². The molecule has 1 saturated heterocycles. The lowest BCUT2D eigenvalue weighted by Crippen LogP contribution is -2.41. The zero-order valence-electron chi connectivity index (χ0n) is 12.8. The Labute approximate surface area is 127 Å². The molecule has 3 N–H and O–H groups in total. The normalized spacial score (nSPS) is 26.0. The van der Waals surface area contributed by atoms with Gasteiger partial charge in [0.05, 0.1) is 6.26 Å². The van der Waals surface area contributed by atoms with Crippen LogP contribution in [-0.4, -0.2) is 51.2 Å². The first-order valence-electron chi connectivity index (χ1n) is 7.79. The second kappa shape index (κ2) is 6.62. The van der Waals surface area contributed by atoms with Crippen LogP contribution in [0.4, 0.5) is 0 Å². The molecule has 0 bridgehead atoms. The molecule has 1 amide bonds. The van der Waals surface area contributed by atoms with Crippen LogP contribution in [0.3, 0.4) is 0 Å². The molecule has 21 heavy (non-hydrogen) atoms. The van der Waals surface area contributed by atoms with Crippen LogP contribution >= 0.6 is 0 Å². The molecule has 1 aliphatic heterocycles. The van der Waals surface area contributed by atoms with Gasteiger partial charge >= 0.3 is 0 Å². The van der Waals surface area contributed by atoms with Crippen molar-refractivity contribution in [1.82, 2.24) is 9.62 Å². The average Bonchev–Trinajstić information content (AvgIpc) is 2.86. The molecule has 6 nitrogen and oxygen atoms in total. The van der Waals surface area contributed by atoms with Crippen LogP contribution in [0.15, 0.2) is 0 Å². The molecule has 0 aromatic carbocycles. The van der Waals surface area contributed by atoms with Crippen LogP contribution in [-0.2, 0) is 14.8 Å². The highest BCUT2D eigenvalue weighted by Gasteiger charge is 2.36. The number of carbonyl (C=O) groups is 1. The number of carbonyl (C=O) groups excluding carboxylic acids is 1. The van der Waals surface area contributed by atoms with Gasteiger partial charge in [0.25, 0.3) is 0 Å². The van der Waals surface area contributed by atoms with Crippen molar-refractivity contribution in [3.8, 4) is 0 Å². The van der Waals surface area contributed by atoms with E-state index in [1.54, 1.807) is 4.90 Å². The molecule has 122 valence electrons. The highest BCUT2D eigenvalue weighted by atomic mass is 32.2. The monoisotopic (exact) mass is 317 g/mol. The Morgan fingerprint density at radius 2 is 2.00 bits per heavy atom. The van der Waals surface area contributed by atoms with Crippen molar-refractivity contribution in [3.63, 3.8) is 0 Å². The molecule has 0 aromatic rings. The van der Waals surface area contributed by atoms with E-state index in [0.29, 0.717) is 32.5 Å². The molecular weight excluding hydrogens is 290 g/mol. The van der Waals surface area contributed by atoms with Crippen LogP contribution in [0.5, 0.6) is 0 Å². The summed E-state index contributed by atoms with van der Waals surface area (Å²) < 4.78 is 25.1. The molecule has 2 aliphatic rings. The van der Waals surface area contributed by atoms with Gasteiger partial charge in [-0.1, -0.05) is 19.3 Å². The Morgan fingerprint density at radius 1 is 1.33 bits per heavy atom. The predicted molar refractivity (Wildman–Crippen MR) is 82.2 cm³/mol. The van der Waals surface area contributed by atoms with Crippen LogP contribution < -0.4 is 10.5 Å². The summed E-state index contributed by atoms with van der Waals surface area (Å²) in [5.74, 6) is 0.125. The number of sulfonamides is 1. The fraction of sp³-hybridized carbons (Fsp3) is 0.929. The van der Waals surface area contributed by atoms with E-state index in [0.717, 1.165) is 31.9 Å². The Kier molecular flexibility index (Phi) is 5.27. The van der Waals surface area contributed by atoms with Crippen molar-refractivity contribution in [2.24, 2.45) is 11.1 Å². The van der Waals surface area contributed by atoms with Crippen molar-refractivity contribution in [3.05, 3.63) is 0 Å². The van der Waals surface area contributed by atoms with Gasteiger partial charge in [0.1, 0.15) is 0 Å². The average molecular weight is 317 g/mol. The second-order valence-electron chi connectivity index (χ2n) is 6.66. The van der Waals surface area contributed by atoms with E-state index in [4.69, 9.17) is 5.73 Å². The lowest BCUT2D eigenvalue weighted by Gasteiger charge is -2.36. The summed E-state index contributed by atoms with van der Waals surface area (Å²) in [6.07, 6.45) is 7.97. The Morgan fingerprint density at radius 3 is 2.57 bits per heavy atom. The molecular formula is C14H27N3O3S. The molecule has 1 heterocycles. The van der Waals surface area contributed by atoms with E-state index in [2.05, 4.69) is 4.72 Å². The van der Waals surface area contributed by atoms with Crippen molar-refractivity contribution < 1.29 is 13.2 Å². The van der Waals surface area contributed by atoms with Gasteiger partial charge in [-0.3, -0.25) is 4.79 Å². The molecule has 1 unspecified atom stereocenters. The minimum absolute atomic E-state index is 0.0301. The molecule has 0 aromatic heterocycles. The first-order chi connectivity index (χ1) is 9.84. The van der Waals surface area contributed by atoms with E-state index < -0.39 is 10.0 Å². The minimum atomic E-state index is -3.21. The summed E-state index contributed by atoms with van der Waals surface area (Å²) in [4.78, 5) is 14.3. The number of amides is 1. The Balaban J connectivity index is 1.89. The predicted octanol–water partition coefficient (Wildman–Crippen LogP) is 0.436. The van der Waals surface area contributed by atoms with Gasteiger partial charge in [-0.05, 0) is 31.2 Å². The SMILES string of the molecule is CS(=O)(=O)NC1CCN(C(=O)CC2(CN)CCCCC2)C1. The van der Waals surface area contributed by atoms with Crippen molar-refractivity contribution in [1.29, 1.82) is 0 Å². The lowest BCUT2D eigenvalue weighted by molar-refractivity contribution is -0.133. The molecule has 0 spiro atoms. The van der Waals surface area contributed by atoms with Gasteiger partial charge in [0.15, 0.2) is 0 Å². The van der Waals surface area contributed by atoms with Crippen molar-refractivity contribution >= 4 is 15.9 Å². The van der Waals surface area contributed by atoms with Crippen LogP contribution in [0.2, 0.25) is 0 Å². The molecule has 1 aliphatic carbocycles. The molecule has 1 saturated carbocycles. The molecule has 1 atom stereocenters. The number of nitrogens with two attached hydrogens (primary N) is 1. The maximum Gasteiger partial charge on any atom is 0.223 e. The van der Waals surface area contributed by atoms with Crippen molar-refractivity contribution in [2.45, 2.75) is 51.0 Å². The van der Waals surface area contributed by atoms with Gasteiger partial charge in [0.2, 0.25) is 15.9 Å². The maximum absolute atomic E-state index is 12.5. The van der Waals surface area contributed by atoms with E-state index >= 15 is 0 Å². The number of likely N-dealkylation sites (tertiary alicyclic amines) is 1. The third-order valence-corrected chi connectivity index (χ3v) is 5.56. The number of nitrogens with one attached hydrogen (secondary N) is 1.